The Labute approximate surface area is 140 Å². The lowest BCUT2D eigenvalue weighted by Gasteiger charge is -2.07. The standard InChI is InChI=1S/C17H18BrNO2S/c1-2-3-14-4-6-15(7-5-14)12-13-19-22(20,21)17-10-8-16(18)9-11-17/h2-11,19H,12-13H2,1H3/b3-2-. The van der Waals surface area contributed by atoms with Crippen molar-refractivity contribution in [3.8, 4) is 0 Å². The van der Waals surface area contributed by atoms with Crippen LogP contribution in [0.2, 0.25) is 0 Å². The van der Waals surface area contributed by atoms with Crippen LogP contribution in [0.5, 0.6) is 0 Å². The molecule has 0 bridgehead atoms. The van der Waals surface area contributed by atoms with Gasteiger partial charge in [-0.05, 0) is 48.7 Å². The molecule has 3 nitrogen and oxygen atoms in total. The smallest absolute Gasteiger partial charge is 0.211 e. The molecule has 0 unspecified atom stereocenters. The molecule has 116 valence electrons. The van der Waals surface area contributed by atoms with Crippen molar-refractivity contribution < 1.29 is 8.42 Å². The van der Waals surface area contributed by atoms with E-state index in [-0.39, 0.29) is 4.90 Å². The molecule has 0 radical (unpaired) electrons. The maximum atomic E-state index is 12.1. The molecule has 0 atom stereocenters. The SMILES string of the molecule is C/C=C\c1ccc(CCNS(=O)(=O)c2ccc(Br)cc2)cc1. The number of hydrogen-bond donors (Lipinski definition) is 1. The molecular formula is C17H18BrNO2S. The van der Waals surface area contributed by atoms with E-state index in [1.54, 1.807) is 24.3 Å². The van der Waals surface area contributed by atoms with E-state index in [2.05, 4.69) is 20.7 Å². The van der Waals surface area contributed by atoms with Crippen molar-refractivity contribution in [3.63, 3.8) is 0 Å². The topological polar surface area (TPSA) is 46.2 Å². The molecule has 2 rings (SSSR count). The van der Waals surface area contributed by atoms with Crippen molar-refractivity contribution in [1.82, 2.24) is 4.72 Å². The van der Waals surface area contributed by atoms with Gasteiger partial charge in [0.2, 0.25) is 10.0 Å². The van der Waals surface area contributed by atoms with E-state index in [9.17, 15) is 8.42 Å². The Morgan fingerprint density at radius 3 is 2.27 bits per heavy atom. The summed E-state index contributed by atoms with van der Waals surface area (Å²) in [6.45, 7) is 2.35. The highest BCUT2D eigenvalue weighted by Crippen LogP contribution is 2.14. The summed E-state index contributed by atoms with van der Waals surface area (Å²) in [4.78, 5) is 0.277. The van der Waals surface area contributed by atoms with Crippen molar-refractivity contribution in [3.05, 3.63) is 70.2 Å². The zero-order valence-electron chi connectivity index (χ0n) is 12.3. The van der Waals surface area contributed by atoms with Crippen LogP contribution < -0.4 is 4.72 Å². The first-order chi connectivity index (χ1) is 10.5. The Balaban J connectivity index is 1.93. The summed E-state index contributed by atoms with van der Waals surface area (Å²) in [5, 5.41) is 0. The van der Waals surface area contributed by atoms with E-state index in [4.69, 9.17) is 0 Å². The number of hydrogen-bond acceptors (Lipinski definition) is 2. The molecule has 0 saturated heterocycles. The number of allylic oxidation sites excluding steroid dienone is 1. The van der Waals surface area contributed by atoms with Gasteiger partial charge in [-0.3, -0.25) is 0 Å². The van der Waals surface area contributed by atoms with Gasteiger partial charge in [-0.15, -0.1) is 0 Å². The van der Waals surface area contributed by atoms with E-state index >= 15 is 0 Å². The fourth-order valence-corrected chi connectivity index (χ4v) is 3.31. The largest absolute Gasteiger partial charge is 0.240 e. The number of benzene rings is 2. The Morgan fingerprint density at radius 1 is 1.05 bits per heavy atom. The van der Waals surface area contributed by atoms with Gasteiger partial charge < -0.3 is 0 Å². The van der Waals surface area contributed by atoms with E-state index in [0.29, 0.717) is 13.0 Å². The highest BCUT2D eigenvalue weighted by molar-refractivity contribution is 9.10. The number of rotatable bonds is 6. The minimum absolute atomic E-state index is 0.277. The average Bonchev–Trinajstić information content (AvgIpc) is 2.50. The number of halogens is 1. The second kappa shape index (κ2) is 7.72. The molecule has 22 heavy (non-hydrogen) atoms. The van der Waals surface area contributed by atoms with Gasteiger partial charge in [-0.2, -0.15) is 0 Å². The second-order valence-corrected chi connectivity index (χ2v) is 7.53. The maximum absolute atomic E-state index is 12.1. The van der Waals surface area contributed by atoms with Crippen molar-refractivity contribution >= 4 is 32.0 Å². The van der Waals surface area contributed by atoms with Gasteiger partial charge in [0.25, 0.3) is 0 Å². The minimum Gasteiger partial charge on any atom is -0.211 e. The number of sulfonamides is 1. The fourth-order valence-electron chi connectivity index (χ4n) is 2.01. The maximum Gasteiger partial charge on any atom is 0.240 e. The molecule has 5 heteroatoms. The van der Waals surface area contributed by atoms with Gasteiger partial charge in [0.1, 0.15) is 0 Å². The second-order valence-electron chi connectivity index (χ2n) is 4.84. The lowest BCUT2D eigenvalue weighted by Crippen LogP contribution is -2.25. The third-order valence-corrected chi connectivity index (χ3v) is 5.17. The van der Waals surface area contributed by atoms with Crippen molar-refractivity contribution in [2.75, 3.05) is 6.54 Å². The molecule has 0 aliphatic heterocycles. The first-order valence-corrected chi connectivity index (χ1v) is 9.26. The molecule has 1 N–H and O–H groups in total. The number of nitrogens with one attached hydrogen (secondary N) is 1. The van der Waals surface area contributed by atoms with Crippen LogP contribution in [0.25, 0.3) is 6.08 Å². The molecule has 0 heterocycles. The lowest BCUT2D eigenvalue weighted by molar-refractivity contribution is 0.581. The zero-order valence-corrected chi connectivity index (χ0v) is 14.7. The van der Waals surface area contributed by atoms with Gasteiger partial charge >= 0.3 is 0 Å². The lowest BCUT2D eigenvalue weighted by atomic mass is 10.1. The van der Waals surface area contributed by atoms with Crippen LogP contribution in [0.15, 0.2) is 64.0 Å². The van der Waals surface area contributed by atoms with Crippen LogP contribution >= 0.6 is 15.9 Å². The van der Waals surface area contributed by atoms with Gasteiger partial charge in [0.05, 0.1) is 4.90 Å². The molecule has 0 amide bonds. The van der Waals surface area contributed by atoms with Gasteiger partial charge in [0, 0.05) is 11.0 Å². The fraction of sp³-hybridized carbons (Fsp3) is 0.176. The summed E-state index contributed by atoms with van der Waals surface area (Å²) in [6.07, 6.45) is 4.67. The van der Waals surface area contributed by atoms with E-state index in [0.717, 1.165) is 15.6 Å². The van der Waals surface area contributed by atoms with Crippen molar-refractivity contribution in [2.24, 2.45) is 0 Å². The monoisotopic (exact) mass is 379 g/mol. The van der Waals surface area contributed by atoms with E-state index in [1.165, 1.54) is 0 Å². The van der Waals surface area contributed by atoms with E-state index in [1.807, 2.05) is 43.3 Å². The first-order valence-electron chi connectivity index (χ1n) is 6.98. The summed E-state index contributed by atoms with van der Waals surface area (Å²) >= 11 is 3.29. The minimum atomic E-state index is -3.45. The third kappa shape index (κ3) is 4.80. The summed E-state index contributed by atoms with van der Waals surface area (Å²) in [5.74, 6) is 0. The van der Waals surface area contributed by atoms with Crippen LogP contribution in [-0.2, 0) is 16.4 Å². The molecule has 0 spiro atoms. The van der Waals surface area contributed by atoms with Crippen molar-refractivity contribution in [2.45, 2.75) is 18.2 Å². The summed E-state index contributed by atoms with van der Waals surface area (Å²) < 4.78 is 27.8. The van der Waals surface area contributed by atoms with Crippen LogP contribution in [0.4, 0.5) is 0 Å². The normalized spacial score (nSPS) is 11.9. The summed E-state index contributed by atoms with van der Waals surface area (Å²) in [5.41, 5.74) is 2.24. The molecule has 2 aromatic rings. The predicted octanol–water partition coefficient (Wildman–Crippen LogP) is 4.00. The quantitative estimate of drug-likeness (QED) is 0.823. The summed E-state index contributed by atoms with van der Waals surface area (Å²) in [6, 6.07) is 14.7. The molecule has 0 fully saturated rings. The zero-order chi connectivity index (χ0) is 16.0. The summed E-state index contributed by atoms with van der Waals surface area (Å²) in [7, 11) is -3.45. The van der Waals surface area contributed by atoms with Gasteiger partial charge in [-0.25, -0.2) is 13.1 Å². The van der Waals surface area contributed by atoms with Crippen LogP contribution in [-0.4, -0.2) is 15.0 Å². The van der Waals surface area contributed by atoms with Crippen molar-refractivity contribution in [1.29, 1.82) is 0 Å². The van der Waals surface area contributed by atoms with E-state index < -0.39 is 10.0 Å². The Bertz CT molecular complexity index is 735. The van der Waals surface area contributed by atoms with Crippen LogP contribution in [0.3, 0.4) is 0 Å². The first kappa shape index (κ1) is 16.9. The highest BCUT2D eigenvalue weighted by atomic mass is 79.9. The Morgan fingerprint density at radius 2 is 1.68 bits per heavy atom. The molecule has 0 aliphatic carbocycles. The Hall–Kier alpha value is -1.43. The van der Waals surface area contributed by atoms with Crippen LogP contribution in [0.1, 0.15) is 18.1 Å². The average molecular weight is 380 g/mol. The predicted molar refractivity (Wildman–Crippen MR) is 94.2 cm³/mol. The molecular weight excluding hydrogens is 362 g/mol. The molecule has 0 aromatic heterocycles. The molecule has 0 saturated carbocycles. The highest BCUT2D eigenvalue weighted by Gasteiger charge is 2.12. The Kier molecular flexibility index (Phi) is 5.94. The van der Waals surface area contributed by atoms with Crippen LogP contribution in [0, 0.1) is 0 Å². The van der Waals surface area contributed by atoms with Gasteiger partial charge in [0.15, 0.2) is 0 Å². The molecule has 0 aliphatic rings. The molecule has 2 aromatic carbocycles. The van der Waals surface area contributed by atoms with Gasteiger partial charge in [-0.1, -0.05) is 52.3 Å². The third-order valence-electron chi connectivity index (χ3n) is 3.17.